The van der Waals surface area contributed by atoms with E-state index in [0.717, 1.165) is 31.9 Å². The molecular formula is C17H25NO3. The van der Waals surface area contributed by atoms with Crippen molar-refractivity contribution in [3.8, 4) is 5.75 Å². The van der Waals surface area contributed by atoms with Crippen molar-refractivity contribution in [3.63, 3.8) is 0 Å². The van der Waals surface area contributed by atoms with Gasteiger partial charge in [0.2, 0.25) is 0 Å². The third-order valence-corrected chi connectivity index (χ3v) is 3.88. The zero-order chi connectivity index (χ0) is 15.2. The van der Waals surface area contributed by atoms with Crippen LogP contribution in [0.2, 0.25) is 0 Å². The van der Waals surface area contributed by atoms with Gasteiger partial charge in [-0.15, -0.1) is 0 Å². The highest BCUT2D eigenvalue weighted by molar-refractivity contribution is 5.80. The molecule has 0 aromatic heterocycles. The van der Waals surface area contributed by atoms with Gasteiger partial charge >= 0.3 is 0 Å². The number of aryl methyl sites for hydroxylation is 1. The molecule has 2 rings (SSSR count). The summed E-state index contributed by atoms with van der Waals surface area (Å²) in [5.41, 5.74) is 1.18. The van der Waals surface area contributed by atoms with Crippen LogP contribution in [0.3, 0.4) is 0 Å². The molecule has 1 amide bonds. The van der Waals surface area contributed by atoms with Gasteiger partial charge in [-0.3, -0.25) is 4.79 Å². The van der Waals surface area contributed by atoms with Crippen LogP contribution in [0.1, 0.15) is 25.8 Å². The van der Waals surface area contributed by atoms with Gasteiger partial charge in [0.15, 0.2) is 6.10 Å². The molecule has 1 aliphatic heterocycles. The second-order valence-corrected chi connectivity index (χ2v) is 5.68. The minimum absolute atomic E-state index is 0.0463. The number of benzene rings is 1. The molecule has 1 aromatic carbocycles. The number of hydrogen-bond donors (Lipinski definition) is 0. The van der Waals surface area contributed by atoms with Gasteiger partial charge in [0, 0.05) is 25.6 Å². The number of carbonyl (C=O) groups is 1. The summed E-state index contributed by atoms with van der Waals surface area (Å²) in [6, 6.07) is 7.78. The maximum Gasteiger partial charge on any atom is 0.263 e. The van der Waals surface area contributed by atoms with Crippen LogP contribution in [0.15, 0.2) is 24.3 Å². The van der Waals surface area contributed by atoms with Gasteiger partial charge in [0.25, 0.3) is 5.91 Å². The lowest BCUT2D eigenvalue weighted by atomic mass is 10.1. The Hall–Kier alpha value is -1.55. The molecule has 21 heavy (non-hydrogen) atoms. The van der Waals surface area contributed by atoms with Gasteiger partial charge in [0.05, 0.1) is 6.61 Å². The van der Waals surface area contributed by atoms with Crippen molar-refractivity contribution < 1.29 is 14.3 Å². The zero-order valence-corrected chi connectivity index (χ0v) is 13.2. The summed E-state index contributed by atoms with van der Waals surface area (Å²) in [6.07, 6.45) is 0.576. The molecule has 1 fully saturated rings. The summed E-state index contributed by atoms with van der Waals surface area (Å²) in [4.78, 5) is 14.4. The zero-order valence-electron chi connectivity index (χ0n) is 13.2. The third-order valence-electron chi connectivity index (χ3n) is 3.88. The Morgan fingerprint density at radius 3 is 2.71 bits per heavy atom. The number of ether oxygens (including phenoxy) is 2. The van der Waals surface area contributed by atoms with Crippen molar-refractivity contribution in [2.45, 2.75) is 33.3 Å². The van der Waals surface area contributed by atoms with Crippen LogP contribution in [0, 0.1) is 12.8 Å². The molecule has 1 aliphatic rings. The van der Waals surface area contributed by atoms with Crippen LogP contribution in [0.25, 0.3) is 0 Å². The number of carbonyl (C=O) groups excluding carboxylic acids is 1. The monoisotopic (exact) mass is 291 g/mol. The van der Waals surface area contributed by atoms with Crippen LogP contribution in [-0.2, 0) is 9.53 Å². The molecule has 1 aromatic rings. The van der Waals surface area contributed by atoms with Crippen LogP contribution in [-0.4, -0.2) is 43.2 Å². The van der Waals surface area contributed by atoms with Gasteiger partial charge in [0.1, 0.15) is 5.75 Å². The lowest BCUT2D eigenvalue weighted by molar-refractivity contribution is -0.138. The number of rotatable bonds is 6. The summed E-state index contributed by atoms with van der Waals surface area (Å²) < 4.78 is 11.1. The molecule has 116 valence electrons. The largest absolute Gasteiger partial charge is 0.481 e. The summed E-state index contributed by atoms with van der Waals surface area (Å²) in [5, 5.41) is 0. The predicted molar refractivity (Wildman–Crippen MR) is 82.4 cm³/mol. The van der Waals surface area contributed by atoms with Gasteiger partial charge in [-0.1, -0.05) is 17.7 Å². The quantitative estimate of drug-likeness (QED) is 0.809. The van der Waals surface area contributed by atoms with Gasteiger partial charge in [-0.25, -0.2) is 0 Å². The molecule has 1 saturated heterocycles. The molecule has 4 nitrogen and oxygen atoms in total. The molecule has 0 spiro atoms. The fourth-order valence-corrected chi connectivity index (χ4v) is 2.54. The SMILES string of the molecule is CCN(CC1CCOC1)C(=O)C(C)Oc1ccc(C)cc1. The Morgan fingerprint density at radius 1 is 1.43 bits per heavy atom. The molecule has 0 bridgehead atoms. The lowest BCUT2D eigenvalue weighted by Crippen LogP contribution is -2.42. The average molecular weight is 291 g/mol. The number of likely N-dealkylation sites (N-methyl/N-ethyl adjacent to an activating group) is 1. The fourth-order valence-electron chi connectivity index (χ4n) is 2.54. The van der Waals surface area contributed by atoms with E-state index in [0.29, 0.717) is 12.5 Å². The molecule has 1 heterocycles. The second kappa shape index (κ2) is 7.46. The first kappa shape index (κ1) is 15.8. The van der Waals surface area contributed by atoms with Crippen molar-refractivity contribution in [3.05, 3.63) is 29.8 Å². The van der Waals surface area contributed by atoms with Crippen molar-refractivity contribution >= 4 is 5.91 Å². The van der Waals surface area contributed by atoms with E-state index in [1.54, 1.807) is 0 Å². The van der Waals surface area contributed by atoms with Crippen LogP contribution >= 0.6 is 0 Å². The van der Waals surface area contributed by atoms with E-state index in [1.807, 2.05) is 49.9 Å². The average Bonchev–Trinajstić information content (AvgIpc) is 2.99. The molecule has 2 unspecified atom stereocenters. The Labute approximate surface area is 127 Å². The highest BCUT2D eigenvalue weighted by Crippen LogP contribution is 2.17. The summed E-state index contributed by atoms with van der Waals surface area (Å²) in [6.45, 7) is 8.89. The summed E-state index contributed by atoms with van der Waals surface area (Å²) in [5.74, 6) is 1.24. The Kier molecular flexibility index (Phi) is 5.62. The van der Waals surface area contributed by atoms with E-state index in [2.05, 4.69) is 0 Å². The molecule has 0 saturated carbocycles. The highest BCUT2D eigenvalue weighted by Gasteiger charge is 2.25. The first-order chi connectivity index (χ1) is 10.1. The Bertz CT molecular complexity index is 452. The second-order valence-electron chi connectivity index (χ2n) is 5.68. The third kappa shape index (κ3) is 4.46. The first-order valence-electron chi connectivity index (χ1n) is 7.70. The van der Waals surface area contributed by atoms with E-state index >= 15 is 0 Å². The van der Waals surface area contributed by atoms with Crippen LogP contribution in [0.4, 0.5) is 0 Å². The van der Waals surface area contributed by atoms with Gasteiger partial charge < -0.3 is 14.4 Å². The maximum absolute atomic E-state index is 12.5. The minimum Gasteiger partial charge on any atom is -0.481 e. The maximum atomic E-state index is 12.5. The molecule has 0 aliphatic carbocycles. The van der Waals surface area contributed by atoms with Crippen LogP contribution in [0.5, 0.6) is 5.75 Å². The van der Waals surface area contributed by atoms with Crippen molar-refractivity contribution in [1.29, 1.82) is 0 Å². The van der Waals surface area contributed by atoms with E-state index in [-0.39, 0.29) is 5.91 Å². The number of nitrogens with zero attached hydrogens (tertiary/aromatic N) is 1. The smallest absolute Gasteiger partial charge is 0.263 e. The standard InChI is InChI=1S/C17H25NO3/c1-4-18(11-15-9-10-20-12-15)17(19)14(3)21-16-7-5-13(2)6-8-16/h5-8,14-15H,4,9-12H2,1-3H3. The van der Waals surface area contributed by atoms with E-state index in [4.69, 9.17) is 9.47 Å². The minimum atomic E-state index is -0.463. The molecule has 2 atom stereocenters. The Morgan fingerprint density at radius 2 is 2.14 bits per heavy atom. The molecule has 0 radical (unpaired) electrons. The van der Waals surface area contributed by atoms with Crippen LogP contribution < -0.4 is 4.74 Å². The van der Waals surface area contributed by atoms with Gasteiger partial charge in [-0.05, 0) is 39.3 Å². The van der Waals surface area contributed by atoms with Gasteiger partial charge in [-0.2, -0.15) is 0 Å². The number of hydrogen-bond acceptors (Lipinski definition) is 3. The highest BCUT2D eigenvalue weighted by atomic mass is 16.5. The van der Waals surface area contributed by atoms with Crippen molar-refractivity contribution in [2.24, 2.45) is 5.92 Å². The summed E-state index contributed by atoms with van der Waals surface area (Å²) in [7, 11) is 0. The normalized spacial score (nSPS) is 19.3. The molecule has 4 heteroatoms. The molecule has 0 N–H and O–H groups in total. The van der Waals surface area contributed by atoms with E-state index in [1.165, 1.54) is 5.56 Å². The number of amides is 1. The van der Waals surface area contributed by atoms with E-state index in [9.17, 15) is 4.79 Å². The topological polar surface area (TPSA) is 38.8 Å². The van der Waals surface area contributed by atoms with Crippen molar-refractivity contribution in [2.75, 3.05) is 26.3 Å². The lowest BCUT2D eigenvalue weighted by Gasteiger charge is -2.27. The predicted octanol–water partition coefficient (Wildman–Crippen LogP) is 2.65. The van der Waals surface area contributed by atoms with Crippen molar-refractivity contribution in [1.82, 2.24) is 4.90 Å². The molecular weight excluding hydrogens is 266 g/mol. The fraction of sp³-hybridized carbons (Fsp3) is 0.588. The van der Waals surface area contributed by atoms with E-state index < -0.39 is 6.10 Å². The first-order valence-corrected chi connectivity index (χ1v) is 7.70. The Balaban J connectivity index is 1.91. The summed E-state index contributed by atoms with van der Waals surface area (Å²) >= 11 is 0.